The smallest absolute Gasteiger partial charge is 0.545 e. The predicted octanol–water partition coefficient (Wildman–Crippen LogP) is 2.11. The van der Waals surface area contributed by atoms with Gasteiger partial charge in [0.2, 0.25) is 0 Å². The minimum atomic E-state index is 0. The van der Waals surface area contributed by atoms with Crippen LogP contribution in [0.3, 0.4) is 0 Å². The number of halogens is 3. The first kappa shape index (κ1) is 136. The molecule has 0 fully saturated rings. The first-order valence-electron chi connectivity index (χ1n) is 2.46. The molecule has 6 unspecified atom stereocenters. The van der Waals surface area contributed by atoms with Crippen LogP contribution in [-0.2, 0) is 61.6 Å². The summed E-state index contributed by atoms with van der Waals surface area (Å²) in [4.78, 5) is 40.6. The summed E-state index contributed by atoms with van der Waals surface area (Å²) in [6.07, 6.45) is 3.00. The second-order valence-corrected chi connectivity index (χ2v) is 0.408. The molecule has 0 bridgehead atoms. The Balaban J connectivity index is -0.00000000257. The van der Waals surface area contributed by atoms with Gasteiger partial charge in [0.25, 0.3) is 0 Å². The zero-order chi connectivity index (χ0) is 15.4. The van der Waals surface area contributed by atoms with Crippen LogP contribution in [0.25, 0.3) is 0 Å². The Labute approximate surface area is 232 Å². The molecular formula is C8H28I3Ni2O6P6-2. The fourth-order valence-electron chi connectivity index (χ4n) is 0. The average Bonchev–Trinajstić information content (AvgIpc) is 2.42. The maximum absolute atomic E-state index is 8.68. The second-order valence-electron chi connectivity index (χ2n) is 0.408. The summed E-state index contributed by atoms with van der Waals surface area (Å²) in [7, 11) is 0. The van der Waals surface area contributed by atoms with E-state index in [0.717, 1.165) is 0 Å². The Morgan fingerprint density at radius 1 is 0.680 bits per heavy atom. The van der Waals surface area contributed by atoms with Gasteiger partial charge in [-0.3, -0.25) is 32.9 Å². The van der Waals surface area contributed by atoms with Gasteiger partial charge < -0.3 is 24.0 Å². The largest absolute Gasteiger partial charge is 3.00 e. The standard InChI is InChI=1S/2C2H3O.3CHO.CO.I2.HI.2Ni.6H3P/c2*1-2-3;5*1-2;;;;;;;;;/h2*1H3;3*1H;;;1H;;;6*1H3/q5*-1;;;;;+3;;;;;;. The summed E-state index contributed by atoms with van der Waals surface area (Å²) < 4.78 is 7.50. The maximum Gasteiger partial charge on any atom is 3.00 e. The van der Waals surface area contributed by atoms with Gasteiger partial charge in [0, 0.05) is 53.7 Å². The van der Waals surface area contributed by atoms with Gasteiger partial charge in [-0.1, -0.05) is 0 Å². The first-order chi connectivity index (χ1) is 7.83. The van der Waals surface area contributed by atoms with Crippen molar-refractivity contribution in [1.29, 1.82) is 0 Å². The topological polar surface area (TPSA) is 105 Å². The van der Waals surface area contributed by atoms with E-state index in [1.54, 1.807) is 0 Å². The molecule has 6 atom stereocenters. The van der Waals surface area contributed by atoms with E-state index < -0.39 is 0 Å². The predicted molar refractivity (Wildman–Crippen MR) is 157 cm³/mol. The van der Waals surface area contributed by atoms with Crippen molar-refractivity contribution in [3.63, 3.8) is 0 Å². The van der Waals surface area contributed by atoms with Crippen LogP contribution in [0.15, 0.2) is 0 Å². The Bertz CT molecular complexity index is 121. The van der Waals surface area contributed by atoms with Gasteiger partial charge in [-0.15, -0.1) is 24.0 Å². The van der Waals surface area contributed by atoms with Crippen molar-refractivity contribution in [3.8, 4) is 0 Å². The molecule has 0 aromatic carbocycles. The molecule has 0 spiro atoms. The Hall–Kier alpha value is 3.85. The third-order valence-electron chi connectivity index (χ3n) is 0. The van der Waals surface area contributed by atoms with Gasteiger partial charge in [-0.25, -0.2) is 0 Å². The van der Waals surface area contributed by atoms with E-state index in [0.29, 0.717) is 0 Å². The molecular weight excluding hydrogens is 876 g/mol. The van der Waals surface area contributed by atoms with Crippen LogP contribution in [0.4, 0.5) is 0 Å². The molecule has 0 N–H and O–H groups in total. The van der Waals surface area contributed by atoms with E-state index in [2.05, 4.69) is 64.2 Å². The summed E-state index contributed by atoms with van der Waals surface area (Å²) in [6.45, 7) is 16.9. The quantitative estimate of drug-likeness (QED) is 0.0927. The van der Waals surface area contributed by atoms with Gasteiger partial charge >= 0.3 is 27.8 Å². The third kappa shape index (κ3) is 1260. The van der Waals surface area contributed by atoms with E-state index in [1.807, 2.05) is 0 Å². The van der Waals surface area contributed by atoms with Crippen molar-refractivity contribution in [2.75, 3.05) is 0 Å². The van der Waals surface area contributed by atoms with E-state index in [-0.39, 0.29) is 116 Å². The maximum atomic E-state index is 8.68. The Kier molecular flexibility index (Phi) is 3180. The molecule has 0 aliphatic rings. The SMILES string of the molecule is C[C-]=O.C[C-]=O.I.II.P.P.P.P.P.P.[C-]#[O+].[CH-]=O.[CH-]=O.[CH-]=O.[Ni+3].[Ni]. The molecule has 0 aromatic heterocycles. The second kappa shape index (κ2) is 587. The summed E-state index contributed by atoms with van der Waals surface area (Å²) in [6, 6.07) is 0. The molecule has 0 saturated heterocycles. The van der Waals surface area contributed by atoms with Crippen LogP contribution in [0.5, 0.6) is 0 Å². The molecule has 0 saturated carbocycles. The van der Waals surface area contributed by atoms with Crippen molar-refractivity contribution < 1.29 is 61.6 Å². The zero-order valence-electron chi connectivity index (χ0n) is 13.7. The molecule has 0 heterocycles. The fraction of sp³-hybridized carbons (Fsp3) is 0.250. The van der Waals surface area contributed by atoms with E-state index in [4.69, 9.17) is 28.6 Å². The minimum absolute atomic E-state index is 0. The number of rotatable bonds is 0. The molecule has 0 aliphatic heterocycles. The van der Waals surface area contributed by atoms with Crippen molar-refractivity contribution in [1.82, 2.24) is 0 Å². The molecule has 0 rings (SSSR count). The van der Waals surface area contributed by atoms with Gasteiger partial charge in [0.15, 0.2) is 0 Å². The van der Waals surface area contributed by atoms with Crippen molar-refractivity contribution in [2.45, 2.75) is 13.8 Å². The molecule has 169 valence electrons. The van der Waals surface area contributed by atoms with Gasteiger partial charge in [-0.05, 0) is 0 Å². The molecule has 17 heteroatoms. The number of carbonyl (C=O) groups excluding carboxylic acids is 5. The van der Waals surface area contributed by atoms with Crippen LogP contribution < -0.4 is 0 Å². The van der Waals surface area contributed by atoms with Crippen LogP contribution in [-0.4, -0.2) is 32.9 Å². The molecule has 1 radical (unpaired) electrons. The van der Waals surface area contributed by atoms with Gasteiger partial charge in [0.1, 0.15) is 0 Å². The molecule has 25 heavy (non-hydrogen) atoms. The average molecular weight is 904 g/mol. The Morgan fingerprint density at radius 2 is 0.680 bits per heavy atom. The minimum Gasteiger partial charge on any atom is -0.545 e. The van der Waals surface area contributed by atoms with Crippen molar-refractivity contribution in [3.05, 3.63) is 6.65 Å². The Morgan fingerprint density at radius 3 is 0.680 bits per heavy atom. The van der Waals surface area contributed by atoms with Gasteiger partial charge in [0.05, 0.1) is 0 Å². The number of hydrogen-bond donors (Lipinski definition) is 0. The summed E-state index contributed by atoms with van der Waals surface area (Å²) in [5.74, 6) is 0. The molecule has 0 aromatic rings. The monoisotopic (exact) mass is 903 g/mol. The zero-order valence-corrected chi connectivity index (χ0v) is 30.8. The van der Waals surface area contributed by atoms with Gasteiger partial charge in [-0.2, -0.15) is 73.2 Å². The summed E-state index contributed by atoms with van der Waals surface area (Å²) >= 11 is 4.24. The first-order valence-corrected chi connectivity index (χ1v) is 8.75. The van der Waals surface area contributed by atoms with Crippen LogP contribution in [0, 0.1) is 6.65 Å². The van der Waals surface area contributed by atoms with E-state index >= 15 is 0 Å². The summed E-state index contributed by atoms with van der Waals surface area (Å²) in [5, 5.41) is 0. The normalized spacial score (nSPS) is 1.84. The van der Waals surface area contributed by atoms with Crippen LogP contribution >= 0.6 is 121 Å². The third-order valence-corrected chi connectivity index (χ3v) is 0. The van der Waals surface area contributed by atoms with E-state index in [1.165, 1.54) is 26.4 Å². The molecule has 0 amide bonds. The molecule has 6 nitrogen and oxygen atoms in total. The summed E-state index contributed by atoms with van der Waals surface area (Å²) in [5.41, 5.74) is 0. The fourth-order valence-corrected chi connectivity index (χ4v) is 0. The van der Waals surface area contributed by atoms with E-state index in [9.17, 15) is 0 Å². The molecule has 0 aliphatic carbocycles. The van der Waals surface area contributed by atoms with Crippen molar-refractivity contribution in [2.24, 2.45) is 0 Å². The number of hydrogen-bond acceptors (Lipinski definition) is 5. The van der Waals surface area contributed by atoms with Crippen LogP contribution in [0.2, 0.25) is 0 Å². The van der Waals surface area contributed by atoms with Crippen molar-refractivity contribution >= 4 is 154 Å². The van der Waals surface area contributed by atoms with Crippen LogP contribution in [0.1, 0.15) is 13.8 Å².